The van der Waals surface area contributed by atoms with Crippen LogP contribution in [0, 0.1) is 6.92 Å². The quantitative estimate of drug-likeness (QED) is 0.906. The minimum absolute atomic E-state index is 0.221. The molecule has 2 heteroatoms. The van der Waals surface area contributed by atoms with Crippen molar-refractivity contribution in [1.29, 1.82) is 0 Å². The fourth-order valence-electron chi connectivity index (χ4n) is 2.98. The second-order valence-corrected chi connectivity index (χ2v) is 5.75. The maximum Gasteiger partial charge on any atom is 0.0592 e. The van der Waals surface area contributed by atoms with Crippen LogP contribution in [-0.2, 0) is 0 Å². The van der Waals surface area contributed by atoms with Crippen LogP contribution >= 0.6 is 0 Å². The number of nitrogens with one attached hydrogen (secondary N) is 1. The molecular weight excluding hydrogens is 244 g/mol. The van der Waals surface area contributed by atoms with Gasteiger partial charge in [-0.1, -0.05) is 30.7 Å². The SMILES string of the molecule is CNC(c1ccc(C2CCC2)cc1)c1cnccc1C. The van der Waals surface area contributed by atoms with E-state index >= 15 is 0 Å². The number of rotatable bonds is 4. The number of hydrogen-bond acceptors (Lipinski definition) is 2. The van der Waals surface area contributed by atoms with Gasteiger partial charge in [0.2, 0.25) is 0 Å². The molecule has 2 aromatic rings. The molecule has 1 aromatic heterocycles. The summed E-state index contributed by atoms with van der Waals surface area (Å²) in [5.41, 5.74) is 5.35. The number of pyridine rings is 1. The van der Waals surface area contributed by atoms with Gasteiger partial charge in [0, 0.05) is 12.4 Å². The van der Waals surface area contributed by atoms with Crippen molar-refractivity contribution in [2.24, 2.45) is 0 Å². The van der Waals surface area contributed by atoms with Crippen molar-refractivity contribution in [2.45, 2.75) is 38.1 Å². The molecule has 0 spiro atoms. The molecule has 1 heterocycles. The number of hydrogen-bond donors (Lipinski definition) is 1. The van der Waals surface area contributed by atoms with E-state index in [1.807, 2.05) is 19.4 Å². The van der Waals surface area contributed by atoms with E-state index in [0.29, 0.717) is 0 Å². The van der Waals surface area contributed by atoms with Crippen molar-refractivity contribution in [2.75, 3.05) is 7.05 Å². The summed E-state index contributed by atoms with van der Waals surface area (Å²) in [6.07, 6.45) is 7.93. The van der Waals surface area contributed by atoms with Crippen LogP contribution < -0.4 is 5.32 Å². The maximum absolute atomic E-state index is 4.27. The fraction of sp³-hybridized carbons (Fsp3) is 0.389. The van der Waals surface area contributed by atoms with E-state index in [9.17, 15) is 0 Å². The Kier molecular flexibility index (Phi) is 3.83. The van der Waals surface area contributed by atoms with E-state index in [1.165, 1.54) is 41.5 Å². The topological polar surface area (TPSA) is 24.9 Å². The molecule has 20 heavy (non-hydrogen) atoms. The number of aromatic nitrogens is 1. The molecule has 0 amide bonds. The van der Waals surface area contributed by atoms with Crippen molar-refractivity contribution in [3.05, 3.63) is 65.0 Å². The summed E-state index contributed by atoms with van der Waals surface area (Å²) in [4.78, 5) is 4.27. The van der Waals surface area contributed by atoms with Crippen LogP contribution in [0.15, 0.2) is 42.7 Å². The van der Waals surface area contributed by atoms with Crippen molar-refractivity contribution < 1.29 is 0 Å². The van der Waals surface area contributed by atoms with Gasteiger partial charge < -0.3 is 5.32 Å². The van der Waals surface area contributed by atoms with Gasteiger partial charge in [0.1, 0.15) is 0 Å². The molecule has 1 N–H and O–H groups in total. The van der Waals surface area contributed by atoms with Gasteiger partial charge >= 0.3 is 0 Å². The molecule has 1 atom stereocenters. The summed E-state index contributed by atoms with van der Waals surface area (Å²) in [5.74, 6) is 0.803. The van der Waals surface area contributed by atoms with Gasteiger partial charge in [0.15, 0.2) is 0 Å². The summed E-state index contributed by atoms with van der Waals surface area (Å²) < 4.78 is 0. The Balaban J connectivity index is 1.87. The third kappa shape index (κ3) is 2.48. The summed E-state index contributed by atoms with van der Waals surface area (Å²) in [5, 5.41) is 3.41. The lowest BCUT2D eigenvalue weighted by atomic mass is 9.79. The summed E-state index contributed by atoms with van der Waals surface area (Å²) in [6.45, 7) is 2.14. The third-order valence-electron chi connectivity index (χ3n) is 4.53. The van der Waals surface area contributed by atoms with Gasteiger partial charge in [0.05, 0.1) is 6.04 Å². The van der Waals surface area contributed by atoms with Gasteiger partial charge in [-0.3, -0.25) is 4.98 Å². The van der Waals surface area contributed by atoms with Crippen LogP contribution in [0.3, 0.4) is 0 Å². The predicted octanol–water partition coefficient (Wildman–Crippen LogP) is 3.97. The van der Waals surface area contributed by atoms with Gasteiger partial charge in [-0.2, -0.15) is 0 Å². The van der Waals surface area contributed by atoms with Crippen molar-refractivity contribution in [3.8, 4) is 0 Å². The Morgan fingerprint density at radius 1 is 1.15 bits per heavy atom. The normalized spacial score (nSPS) is 16.7. The average molecular weight is 266 g/mol. The smallest absolute Gasteiger partial charge is 0.0592 e. The lowest BCUT2D eigenvalue weighted by Crippen LogP contribution is -2.19. The Hall–Kier alpha value is -1.67. The van der Waals surface area contributed by atoms with Gasteiger partial charge in [-0.15, -0.1) is 0 Å². The highest BCUT2D eigenvalue weighted by molar-refractivity contribution is 5.37. The molecular formula is C18H22N2. The van der Waals surface area contributed by atoms with E-state index in [0.717, 1.165) is 5.92 Å². The van der Waals surface area contributed by atoms with Gasteiger partial charge in [-0.25, -0.2) is 0 Å². The zero-order valence-corrected chi connectivity index (χ0v) is 12.3. The van der Waals surface area contributed by atoms with Gasteiger partial charge in [0.25, 0.3) is 0 Å². The third-order valence-corrected chi connectivity index (χ3v) is 4.53. The van der Waals surface area contributed by atoms with E-state index in [-0.39, 0.29) is 6.04 Å². The van der Waals surface area contributed by atoms with Crippen LogP contribution in [0.4, 0.5) is 0 Å². The fourth-order valence-corrected chi connectivity index (χ4v) is 2.98. The first-order valence-electron chi connectivity index (χ1n) is 7.47. The van der Waals surface area contributed by atoms with Crippen LogP contribution in [0.25, 0.3) is 0 Å². The van der Waals surface area contributed by atoms with Crippen LogP contribution in [0.2, 0.25) is 0 Å². The average Bonchev–Trinajstić information content (AvgIpc) is 2.41. The summed E-state index contributed by atoms with van der Waals surface area (Å²) in [7, 11) is 2.01. The lowest BCUT2D eigenvalue weighted by Gasteiger charge is -2.26. The summed E-state index contributed by atoms with van der Waals surface area (Å²) >= 11 is 0. The molecule has 1 unspecified atom stereocenters. The molecule has 0 aliphatic heterocycles. The molecule has 1 aliphatic rings. The highest BCUT2D eigenvalue weighted by Gasteiger charge is 2.20. The van der Waals surface area contributed by atoms with Crippen molar-refractivity contribution in [3.63, 3.8) is 0 Å². The zero-order valence-electron chi connectivity index (χ0n) is 12.3. The molecule has 0 bridgehead atoms. The number of nitrogens with zero attached hydrogens (tertiary/aromatic N) is 1. The standard InChI is InChI=1S/C18H22N2/c1-13-10-11-20-12-17(13)18(19-2)16-8-6-15(7-9-16)14-4-3-5-14/h6-12,14,18-19H,3-5H2,1-2H3. The first-order chi connectivity index (χ1) is 9.79. The van der Waals surface area contributed by atoms with E-state index < -0.39 is 0 Å². The molecule has 1 aliphatic carbocycles. The monoisotopic (exact) mass is 266 g/mol. The van der Waals surface area contributed by atoms with Crippen LogP contribution in [-0.4, -0.2) is 12.0 Å². The first-order valence-corrected chi connectivity index (χ1v) is 7.47. The second-order valence-electron chi connectivity index (χ2n) is 5.75. The highest BCUT2D eigenvalue weighted by Crippen LogP contribution is 2.36. The van der Waals surface area contributed by atoms with Gasteiger partial charge in [-0.05, 0) is 61.1 Å². The van der Waals surface area contributed by atoms with Crippen LogP contribution in [0.5, 0.6) is 0 Å². The minimum atomic E-state index is 0.221. The molecule has 3 rings (SSSR count). The first kappa shape index (κ1) is 13.3. The minimum Gasteiger partial charge on any atom is -0.309 e. The zero-order chi connectivity index (χ0) is 13.9. The Morgan fingerprint density at radius 2 is 1.90 bits per heavy atom. The Morgan fingerprint density at radius 3 is 2.45 bits per heavy atom. The van der Waals surface area contributed by atoms with E-state index in [1.54, 1.807) is 0 Å². The van der Waals surface area contributed by atoms with E-state index in [2.05, 4.69) is 47.6 Å². The van der Waals surface area contributed by atoms with E-state index in [4.69, 9.17) is 0 Å². The second kappa shape index (κ2) is 5.76. The van der Waals surface area contributed by atoms with Crippen LogP contribution in [0.1, 0.15) is 53.5 Å². The molecule has 0 saturated heterocycles. The summed E-state index contributed by atoms with van der Waals surface area (Å²) in [6, 6.07) is 11.4. The number of aryl methyl sites for hydroxylation is 1. The molecule has 0 radical (unpaired) electrons. The number of benzene rings is 1. The molecule has 104 valence electrons. The highest BCUT2D eigenvalue weighted by atomic mass is 14.9. The largest absolute Gasteiger partial charge is 0.309 e. The molecule has 2 nitrogen and oxygen atoms in total. The van der Waals surface area contributed by atoms with Crippen molar-refractivity contribution in [1.82, 2.24) is 10.3 Å². The molecule has 1 fully saturated rings. The maximum atomic E-state index is 4.27. The van der Waals surface area contributed by atoms with Crippen molar-refractivity contribution >= 4 is 0 Å². The molecule has 1 aromatic carbocycles. The predicted molar refractivity (Wildman–Crippen MR) is 82.9 cm³/mol. The Bertz CT molecular complexity index is 570. The Labute approximate surface area is 121 Å². The lowest BCUT2D eigenvalue weighted by molar-refractivity contribution is 0.419. The molecule has 1 saturated carbocycles.